The van der Waals surface area contributed by atoms with E-state index in [2.05, 4.69) is 4.98 Å². The lowest BCUT2D eigenvalue weighted by Crippen LogP contribution is -2.62. The average Bonchev–Trinajstić information content (AvgIpc) is 2.99. The van der Waals surface area contributed by atoms with E-state index in [0.29, 0.717) is 6.20 Å². The van der Waals surface area contributed by atoms with Gasteiger partial charge >= 0.3 is 36.1 Å². The Kier molecular flexibility index (Phi) is 5.26. The second-order valence-electron chi connectivity index (χ2n) is 4.56. The molecule has 150 valence electrons. The van der Waals surface area contributed by atoms with E-state index in [0.717, 1.165) is 0 Å². The highest BCUT2D eigenvalue weighted by atomic mass is 19.4. The van der Waals surface area contributed by atoms with Crippen molar-refractivity contribution in [1.82, 2.24) is 9.55 Å². The maximum Gasteiger partial charge on any atom is 0.460 e. The first-order valence-corrected chi connectivity index (χ1v) is 5.86. The molecule has 1 aromatic heterocycles. The Morgan fingerprint density at radius 2 is 1.54 bits per heavy atom. The molecule has 16 heteroatoms. The van der Waals surface area contributed by atoms with Crippen molar-refractivity contribution >= 4 is 5.97 Å². The Morgan fingerprint density at radius 1 is 1.04 bits per heavy atom. The quantitative estimate of drug-likeness (QED) is 0.701. The first-order valence-electron chi connectivity index (χ1n) is 5.86. The van der Waals surface area contributed by atoms with Gasteiger partial charge in [0, 0.05) is 12.4 Å². The van der Waals surface area contributed by atoms with E-state index in [9.17, 15) is 53.1 Å². The summed E-state index contributed by atoms with van der Waals surface area (Å²) in [6, 6.07) is -5.51. The van der Waals surface area contributed by atoms with Crippen molar-refractivity contribution in [2.45, 2.75) is 36.3 Å². The van der Waals surface area contributed by atoms with E-state index >= 15 is 0 Å². The van der Waals surface area contributed by atoms with Crippen LogP contribution in [-0.4, -0.2) is 50.9 Å². The van der Waals surface area contributed by atoms with Gasteiger partial charge in [0.05, 0.1) is 6.33 Å². The van der Waals surface area contributed by atoms with Crippen molar-refractivity contribution in [2.24, 2.45) is 0 Å². The Labute approximate surface area is 135 Å². The fourth-order valence-electron chi connectivity index (χ4n) is 1.40. The van der Waals surface area contributed by atoms with E-state index in [1.54, 1.807) is 0 Å². The molecular weight excluding hydrogens is 405 g/mol. The second-order valence-corrected chi connectivity index (χ2v) is 4.56. The fourth-order valence-corrected chi connectivity index (χ4v) is 1.40. The van der Waals surface area contributed by atoms with Gasteiger partial charge in [0.1, 0.15) is 0 Å². The number of carboxylic acids is 1. The molecule has 1 aromatic rings. The molecule has 0 aliphatic carbocycles. The molecule has 0 amide bonds. The van der Waals surface area contributed by atoms with Crippen molar-refractivity contribution in [3.63, 3.8) is 0 Å². The predicted octanol–water partition coefficient (Wildman–Crippen LogP) is 3.33. The topological polar surface area (TPSA) is 64.3 Å². The zero-order valence-corrected chi connectivity index (χ0v) is 11.6. The number of ether oxygens (including phenoxy) is 1. The highest BCUT2D eigenvalue weighted by Gasteiger charge is 2.77. The van der Waals surface area contributed by atoms with Crippen molar-refractivity contribution < 1.29 is 62.9 Å². The Bertz CT molecular complexity index is 645. The van der Waals surface area contributed by atoms with Crippen molar-refractivity contribution in [3.05, 3.63) is 18.7 Å². The average molecular weight is 410 g/mol. The summed E-state index contributed by atoms with van der Waals surface area (Å²) in [5.74, 6) is -17.1. The summed E-state index contributed by atoms with van der Waals surface area (Å²) in [6.07, 6.45) is -18.4. The van der Waals surface area contributed by atoms with Crippen LogP contribution in [0.5, 0.6) is 0 Å². The number of hydrogen-bond acceptors (Lipinski definition) is 3. The first-order chi connectivity index (χ1) is 11.4. The third-order valence-electron chi connectivity index (χ3n) is 2.77. The SMILES string of the molecule is O=C(O)C(F)(OC(F)(F)C(F)(F)C(F)C(F)(F)n1ccnc1)C(F)(F)F. The Morgan fingerprint density at radius 3 is 1.88 bits per heavy atom. The van der Waals surface area contributed by atoms with Gasteiger partial charge in [-0.05, 0) is 0 Å². The van der Waals surface area contributed by atoms with Gasteiger partial charge in [-0.15, -0.1) is 0 Å². The van der Waals surface area contributed by atoms with Crippen LogP contribution in [0.1, 0.15) is 0 Å². The summed E-state index contributed by atoms with van der Waals surface area (Å²) >= 11 is 0. The minimum atomic E-state index is -6.96. The smallest absolute Gasteiger partial charge is 0.460 e. The molecule has 2 atom stereocenters. The number of aromatic nitrogens is 2. The summed E-state index contributed by atoms with van der Waals surface area (Å²) in [6.45, 7) is 0. The van der Waals surface area contributed by atoms with Gasteiger partial charge in [-0.3, -0.25) is 9.30 Å². The van der Waals surface area contributed by atoms with Crippen molar-refractivity contribution in [2.75, 3.05) is 0 Å². The summed E-state index contributed by atoms with van der Waals surface area (Å²) in [5, 5.41) is 7.99. The number of imidazole rings is 1. The molecule has 0 fully saturated rings. The number of alkyl halides is 11. The van der Waals surface area contributed by atoms with Crippen molar-refractivity contribution in [3.8, 4) is 0 Å². The van der Waals surface area contributed by atoms with Gasteiger partial charge in [0.25, 0.3) is 6.17 Å². The molecule has 26 heavy (non-hydrogen) atoms. The normalized spacial score (nSPS) is 17.7. The maximum atomic E-state index is 13.5. The van der Waals surface area contributed by atoms with Crippen LogP contribution in [0.15, 0.2) is 18.7 Å². The first kappa shape index (κ1) is 21.9. The molecule has 1 heterocycles. The number of aliphatic carboxylic acids is 1. The van der Waals surface area contributed by atoms with Gasteiger partial charge < -0.3 is 5.11 Å². The summed E-state index contributed by atoms with van der Waals surface area (Å²) < 4.78 is 145. The molecular formula is C10H5F11N2O3. The van der Waals surface area contributed by atoms with E-state index in [1.165, 1.54) is 0 Å². The van der Waals surface area contributed by atoms with Crippen LogP contribution in [0.3, 0.4) is 0 Å². The number of nitrogens with zero attached hydrogens (tertiary/aromatic N) is 2. The predicted molar refractivity (Wildman–Crippen MR) is 55.8 cm³/mol. The molecule has 0 saturated carbocycles. The van der Waals surface area contributed by atoms with Crippen LogP contribution in [0.2, 0.25) is 0 Å². The van der Waals surface area contributed by atoms with Crippen LogP contribution >= 0.6 is 0 Å². The summed E-state index contributed by atoms with van der Waals surface area (Å²) in [5.41, 5.74) is 0. The number of carbonyl (C=O) groups is 1. The van der Waals surface area contributed by atoms with Crippen LogP contribution in [0.25, 0.3) is 0 Å². The zero-order chi connectivity index (χ0) is 20.8. The van der Waals surface area contributed by atoms with E-state index in [-0.39, 0.29) is 12.5 Å². The fraction of sp³-hybridized carbons (Fsp3) is 0.600. The van der Waals surface area contributed by atoms with E-state index in [4.69, 9.17) is 5.11 Å². The molecule has 0 aromatic carbocycles. The van der Waals surface area contributed by atoms with Gasteiger partial charge in [-0.2, -0.15) is 43.9 Å². The number of hydrogen-bond donors (Lipinski definition) is 1. The lowest BCUT2D eigenvalue weighted by Gasteiger charge is -2.35. The Hall–Kier alpha value is -2.13. The number of halogens is 11. The van der Waals surface area contributed by atoms with Crippen LogP contribution < -0.4 is 0 Å². The monoisotopic (exact) mass is 410 g/mol. The minimum absolute atomic E-state index is 0.00801. The zero-order valence-electron chi connectivity index (χ0n) is 11.6. The molecule has 0 radical (unpaired) electrons. The second kappa shape index (κ2) is 6.24. The number of carboxylic acid groups (broad SMARTS) is 1. The molecule has 2 unspecified atom stereocenters. The highest BCUT2D eigenvalue weighted by Crippen LogP contribution is 2.50. The lowest BCUT2D eigenvalue weighted by molar-refractivity contribution is -0.453. The third-order valence-corrected chi connectivity index (χ3v) is 2.77. The van der Waals surface area contributed by atoms with Crippen LogP contribution in [0, 0.1) is 0 Å². The number of rotatable bonds is 7. The minimum Gasteiger partial charge on any atom is -0.477 e. The third kappa shape index (κ3) is 3.41. The molecule has 1 rings (SSSR count). The molecule has 0 aliphatic rings. The van der Waals surface area contributed by atoms with Crippen molar-refractivity contribution in [1.29, 1.82) is 0 Å². The molecule has 1 N–H and O–H groups in total. The van der Waals surface area contributed by atoms with Gasteiger partial charge in [0.2, 0.25) is 0 Å². The maximum absolute atomic E-state index is 13.5. The molecule has 5 nitrogen and oxygen atoms in total. The van der Waals surface area contributed by atoms with Gasteiger partial charge in [0.15, 0.2) is 0 Å². The van der Waals surface area contributed by atoms with E-state index in [1.807, 2.05) is 4.74 Å². The highest BCUT2D eigenvalue weighted by molar-refractivity contribution is 5.76. The van der Waals surface area contributed by atoms with E-state index < -0.39 is 46.8 Å². The molecule has 0 saturated heterocycles. The lowest BCUT2D eigenvalue weighted by atomic mass is 10.1. The van der Waals surface area contributed by atoms with Crippen LogP contribution in [0.4, 0.5) is 48.3 Å². The summed E-state index contributed by atoms with van der Waals surface area (Å²) in [7, 11) is 0. The molecule has 0 bridgehead atoms. The Balaban J connectivity index is 3.30. The largest absolute Gasteiger partial charge is 0.477 e. The summed E-state index contributed by atoms with van der Waals surface area (Å²) in [4.78, 5) is 13.1. The molecule has 0 spiro atoms. The van der Waals surface area contributed by atoms with Gasteiger partial charge in [-0.1, -0.05) is 0 Å². The molecule has 0 aliphatic heterocycles. The van der Waals surface area contributed by atoms with Gasteiger partial charge in [-0.25, -0.2) is 14.2 Å². The van der Waals surface area contributed by atoms with Crippen LogP contribution in [-0.2, 0) is 15.6 Å². The standard InChI is InChI=1S/C10H5F11N2O3/c11-4(8(15,16)23-2-1-22-3-23)6(12,13)10(20,21)26-7(14,5(24)25)9(17,18)19/h1-4H,(H,24,25).